The molecule has 100 valence electrons. The SMILES string of the molecule is CC(C)c1cc(CO)cc(OC2CCCCC2)n1. The topological polar surface area (TPSA) is 42.4 Å². The number of ether oxygens (including phenoxy) is 1. The number of rotatable bonds is 4. The van der Waals surface area contributed by atoms with Crippen molar-refractivity contribution in [1.82, 2.24) is 4.98 Å². The minimum atomic E-state index is 0.0449. The van der Waals surface area contributed by atoms with E-state index in [1.807, 2.05) is 12.1 Å². The molecule has 1 fully saturated rings. The summed E-state index contributed by atoms with van der Waals surface area (Å²) in [5, 5.41) is 9.29. The Balaban J connectivity index is 2.12. The molecule has 0 aliphatic heterocycles. The Bertz CT molecular complexity index is 384. The molecule has 1 aliphatic rings. The zero-order chi connectivity index (χ0) is 13.0. The summed E-state index contributed by atoms with van der Waals surface area (Å²) in [6.07, 6.45) is 6.38. The van der Waals surface area contributed by atoms with Gasteiger partial charge in [-0.2, -0.15) is 0 Å². The van der Waals surface area contributed by atoms with Crippen LogP contribution in [0.25, 0.3) is 0 Å². The molecule has 3 nitrogen and oxygen atoms in total. The van der Waals surface area contributed by atoms with Crippen LogP contribution in [0.15, 0.2) is 12.1 Å². The van der Waals surface area contributed by atoms with Gasteiger partial charge in [0.1, 0.15) is 6.10 Å². The van der Waals surface area contributed by atoms with Gasteiger partial charge in [-0.1, -0.05) is 20.3 Å². The fourth-order valence-electron chi connectivity index (χ4n) is 2.38. The maximum Gasteiger partial charge on any atom is 0.214 e. The van der Waals surface area contributed by atoms with E-state index < -0.39 is 0 Å². The predicted octanol–water partition coefficient (Wildman–Crippen LogP) is 3.41. The predicted molar refractivity (Wildman–Crippen MR) is 71.7 cm³/mol. The third-order valence-electron chi connectivity index (χ3n) is 3.50. The average Bonchev–Trinajstić information content (AvgIpc) is 2.39. The van der Waals surface area contributed by atoms with Gasteiger partial charge in [0.2, 0.25) is 5.88 Å². The molecule has 0 atom stereocenters. The summed E-state index contributed by atoms with van der Waals surface area (Å²) in [5.41, 5.74) is 1.88. The first-order valence-electron chi connectivity index (χ1n) is 6.97. The molecule has 0 spiro atoms. The van der Waals surface area contributed by atoms with Gasteiger partial charge in [0.25, 0.3) is 0 Å². The van der Waals surface area contributed by atoms with Gasteiger partial charge in [0, 0.05) is 11.8 Å². The Labute approximate surface area is 109 Å². The van der Waals surface area contributed by atoms with E-state index in [2.05, 4.69) is 18.8 Å². The molecule has 1 aliphatic carbocycles. The highest BCUT2D eigenvalue weighted by Crippen LogP contribution is 2.24. The molecule has 3 heteroatoms. The summed E-state index contributed by atoms with van der Waals surface area (Å²) >= 11 is 0. The van der Waals surface area contributed by atoms with Crippen LogP contribution in [-0.4, -0.2) is 16.2 Å². The average molecular weight is 249 g/mol. The second-order valence-corrected chi connectivity index (χ2v) is 5.43. The number of pyridine rings is 1. The highest BCUT2D eigenvalue weighted by atomic mass is 16.5. The van der Waals surface area contributed by atoms with Crippen LogP contribution in [0.1, 0.15) is 63.1 Å². The van der Waals surface area contributed by atoms with E-state index in [4.69, 9.17) is 4.74 Å². The molecule has 1 N–H and O–H groups in total. The standard InChI is InChI=1S/C15H23NO2/c1-11(2)14-8-12(10-17)9-15(16-14)18-13-6-4-3-5-7-13/h8-9,11,13,17H,3-7,10H2,1-2H3. The number of nitrogens with zero attached hydrogens (tertiary/aromatic N) is 1. The monoisotopic (exact) mass is 249 g/mol. The van der Waals surface area contributed by atoms with Crippen LogP contribution in [0.5, 0.6) is 5.88 Å². The zero-order valence-electron chi connectivity index (χ0n) is 11.4. The van der Waals surface area contributed by atoms with Gasteiger partial charge in [-0.15, -0.1) is 0 Å². The summed E-state index contributed by atoms with van der Waals surface area (Å²) in [5.74, 6) is 1.03. The number of hydrogen-bond acceptors (Lipinski definition) is 3. The Kier molecular flexibility index (Phi) is 4.59. The summed E-state index contributed by atoms with van der Waals surface area (Å²) < 4.78 is 5.97. The highest BCUT2D eigenvalue weighted by molar-refractivity contribution is 5.26. The van der Waals surface area contributed by atoms with E-state index in [-0.39, 0.29) is 6.61 Å². The second kappa shape index (κ2) is 6.19. The normalized spacial score (nSPS) is 17.1. The molecule has 0 amide bonds. The molecule has 1 aromatic rings. The first-order valence-corrected chi connectivity index (χ1v) is 6.97. The molecule has 0 bridgehead atoms. The van der Waals surface area contributed by atoms with E-state index in [1.54, 1.807) is 0 Å². The van der Waals surface area contributed by atoms with Crippen molar-refractivity contribution < 1.29 is 9.84 Å². The highest BCUT2D eigenvalue weighted by Gasteiger charge is 2.16. The molecule has 0 unspecified atom stereocenters. The lowest BCUT2D eigenvalue weighted by Crippen LogP contribution is -2.20. The maximum atomic E-state index is 9.29. The van der Waals surface area contributed by atoms with Crippen LogP contribution in [0, 0.1) is 0 Å². The lowest BCUT2D eigenvalue weighted by molar-refractivity contribution is 0.147. The fraction of sp³-hybridized carbons (Fsp3) is 0.667. The smallest absolute Gasteiger partial charge is 0.214 e. The maximum absolute atomic E-state index is 9.29. The first kappa shape index (κ1) is 13.3. The van der Waals surface area contributed by atoms with Crippen LogP contribution >= 0.6 is 0 Å². The van der Waals surface area contributed by atoms with Gasteiger partial charge < -0.3 is 9.84 Å². The lowest BCUT2D eigenvalue weighted by atomic mass is 9.98. The molecule has 2 rings (SSSR count). The van der Waals surface area contributed by atoms with Crippen molar-refractivity contribution in [3.8, 4) is 5.88 Å². The van der Waals surface area contributed by atoms with Crippen molar-refractivity contribution >= 4 is 0 Å². The van der Waals surface area contributed by atoms with Crippen molar-refractivity contribution in [3.63, 3.8) is 0 Å². The number of aromatic nitrogens is 1. The van der Waals surface area contributed by atoms with Crippen molar-refractivity contribution in [2.24, 2.45) is 0 Å². The van der Waals surface area contributed by atoms with Crippen LogP contribution in [-0.2, 0) is 6.61 Å². The first-order chi connectivity index (χ1) is 8.69. The zero-order valence-corrected chi connectivity index (χ0v) is 11.4. The Morgan fingerprint density at radius 2 is 2.00 bits per heavy atom. The molecular weight excluding hydrogens is 226 g/mol. The number of aliphatic hydroxyl groups excluding tert-OH is 1. The van der Waals surface area contributed by atoms with Gasteiger partial charge in [-0.3, -0.25) is 0 Å². The third kappa shape index (κ3) is 3.45. The van der Waals surface area contributed by atoms with Gasteiger partial charge in [0.15, 0.2) is 0 Å². The van der Waals surface area contributed by atoms with E-state index in [0.717, 1.165) is 24.1 Å². The van der Waals surface area contributed by atoms with E-state index in [1.165, 1.54) is 19.3 Å². The van der Waals surface area contributed by atoms with Crippen molar-refractivity contribution in [1.29, 1.82) is 0 Å². The molecule has 1 aromatic heterocycles. The molecule has 18 heavy (non-hydrogen) atoms. The molecule has 0 saturated heterocycles. The molecule has 1 heterocycles. The Morgan fingerprint density at radius 3 is 2.61 bits per heavy atom. The Morgan fingerprint density at radius 1 is 1.28 bits per heavy atom. The van der Waals surface area contributed by atoms with Gasteiger partial charge in [-0.05, 0) is 43.2 Å². The second-order valence-electron chi connectivity index (χ2n) is 5.43. The van der Waals surface area contributed by atoms with Crippen molar-refractivity contribution in [2.45, 2.75) is 64.6 Å². The molecule has 0 aromatic carbocycles. The number of hydrogen-bond donors (Lipinski definition) is 1. The van der Waals surface area contributed by atoms with E-state index in [9.17, 15) is 5.11 Å². The van der Waals surface area contributed by atoms with E-state index >= 15 is 0 Å². The number of aliphatic hydroxyl groups is 1. The van der Waals surface area contributed by atoms with Crippen LogP contribution in [0.3, 0.4) is 0 Å². The molecule has 1 saturated carbocycles. The van der Waals surface area contributed by atoms with Crippen LogP contribution < -0.4 is 4.74 Å². The fourth-order valence-corrected chi connectivity index (χ4v) is 2.38. The summed E-state index contributed by atoms with van der Waals surface area (Å²) in [7, 11) is 0. The summed E-state index contributed by atoms with van der Waals surface area (Å²) in [4.78, 5) is 4.54. The van der Waals surface area contributed by atoms with Crippen molar-refractivity contribution in [3.05, 3.63) is 23.4 Å². The minimum absolute atomic E-state index is 0.0449. The van der Waals surface area contributed by atoms with Gasteiger partial charge in [-0.25, -0.2) is 4.98 Å². The minimum Gasteiger partial charge on any atom is -0.474 e. The van der Waals surface area contributed by atoms with E-state index in [0.29, 0.717) is 17.9 Å². The molecular formula is C15H23NO2. The summed E-state index contributed by atoms with van der Waals surface area (Å²) in [6.45, 7) is 4.25. The third-order valence-corrected chi connectivity index (χ3v) is 3.50. The largest absolute Gasteiger partial charge is 0.474 e. The lowest BCUT2D eigenvalue weighted by Gasteiger charge is -2.23. The summed E-state index contributed by atoms with van der Waals surface area (Å²) in [6, 6.07) is 3.82. The Hall–Kier alpha value is -1.09. The molecule has 0 radical (unpaired) electrons. The van der Waals surface area contributed by atoms with Crippen molar-refractivity contribution in [2.75, 3.05) is 0 Å². The quantitative estimate of drug-likeness (QED) is 0.889. The van der Waals surface area contributed by atoms with Crippen LogP contribution in [0.4, 0.5) is 0 Å². The van der Waals surface area contributed by atoms with Gasteiger partial charge in [0.05, 0.1) is 6.61 Å². The van der Waals surface area contributed by atoms with Crippen LogP contribution in [0.2, 0.25) is 0 Å². The van der Waals surface area contributed by atoms with Gasteiger partial charge >= 0.3 is 0 Å².